The van der Waals surface area contributed by atoms with E-state index in [1.165, 1.54) is 0 Å². The Morgan fingerprint density at radius 1 is 1.33 bits per heavy atom. The maximum absolute atomic E-state index is 12.6. The standard InChI is InChI=1S/C17H26N4O3/c1-20(2)17-18-7-6-14(19-17)15-12-21(8-10-24-15)16(22)11-13-5-3-4-9-23-13/h6-7,13,15H,3-5,8-12H2,1-2H3. The number of hydrogen-bond acceptors (Lipinski definition) is 6. The summed E-state index contributed by atoms with van der Waals surface area (Å²) in [4.78, 5) is 25.1. The van der Waals surface area contributed by atoms with E-state index >= 15 is 0 Å². The van der Waals surface area contributed by atoms with E-state index in [9.17, 15) is 4.79 Å². The molecule has 0 radical (unpaired) electrons. The fourth-order valence-corrected chi connectivity index (χ4v) is 3.10. The Kier molecular flexibility index (Phi) is 5.63. The Hall–Kier alpha value is -1.73. The second kappa shape index (κ2) is 7.90. The maximum Gasteiger partial charge on any atom is 0.225 e. The monoisotopic (exact) mass is 334 g/mol. The first kappa shape index (κ1) is 17.1. The minimum atomic E-state index is -0.198. The highest BCUT2D eigenvalue weighted by molar-refractivity contribution is 5.76. The van der Waals surface area contributed by atoms with Gasteiger partial charge in [-0.2, -0.15) is 0 Å². The Bertz CT molecular complexity index is 561. The number of rotatable bonds is 4. The molecule has 2 atom stereocenters. The molecule has 0 N–H and O–H groups in total. The van der Waals surface area contributed by atoms with Crippen molar-refractivity contribution in [1.82, 2.24) is 14.9 Å². The van der Waals surface area contributed by atoms with Gasteiger partial charge in [-0.25, -0.2) is 9.97 Å². The van der Waals surface area contributed by atoms with Crippen LogP contribution >= 0.6 is 0 Å². The van der Waals surface area contributed by atoms with E-state index in [2.05, 4.69) is 9.97 Å². The van der Waals surface area contributed by atoms with Crippen LogP contribution < -0.4 is 4.90 Å². The molecule has 7 nitrogen and oxygen atoms in total. The number of carbonyl (C=O) groups excluding carboxylic acids is 1. The highest BCUT2D eigenvalue weighted by Crippen LogP contribution is 2.23. The summed E-state index contributed by atoms with van der Waals surface area (Å²) in [6.45, 7) is 2.48. The van der Waals surface area contributed by atoms with Crippen molar-refractivity contribution in [1.29, 1.82) is 0 Å². The lowest BCUT2D eigenvalue weighted by Crippen LogP contribution is -2.44. The molecule has 0 aliphatic carbocycles. The van der Waals surface area contributed by atoms with Crippen LogP contribution in [-0.2, 0) is 14.3 Å². The summed E-state index contributed by atoms with van der Waals surface area (Å²) in [5, 5.41) is 0. The van der Waals surface area contributed by atoms with E-state index in [-0.39, 0.29) is 18.1 Å². The SMILES string of the molecule is CN(C)c1nccc(C2CN(C(=O)CC3CCCCO3)CCO2)n1. The maximum atomic E-state index is 12.6. The molecular formula is C17H26N4O3. The van der Waals surface area contributed by atoms with Crippen molar-refractivity contribution in [2.75, 3.05) is 45.3 Å². The molecule has 2 fully saturated rings. The predicted octanol–water partition coefficient (Wildman–Crippen LogP) is 1.40. The smallest absolute Gasteiger partial charge is 0.225 e. The van der Waals surface area contributed by atoms with E-state index in [1.807, 2.05) is 30.0 Å². The van der Waals surface area contributed by atoms with E-state index in [0.717, 1.165) is 31.6 Å². The second-order valence-corrected chi connectivity index (χ2v) is 6.57. The number of ether oxygens (including phenoxy) is 2. The van der Waals surface area contributed by atoms with Gasteiger partial charge in [0.25, 0.3) is 0 Å². The van der Waals surface area contributed by atoms with Crippen LogP contribution in [0.25, 0.3) is 0 Å². The molecule has 1 aromatic heterocycles. The number of aromatic nitrogens is 2. The first-order valence-corrected chi connectivity index (χ1v) is 8.64. The zero-order valence-corrected chi connectivity index (χ0v) is 14.5. The van der Waals surface area contributed by atoms with Crippen molar-refractivity contribution in [2.24, 2.45) is 0 Å². The van der Waals surface area contributed by atoms with Crippen LogP contribution in [-0.4, -0.2) is 67.3 Å². The van der Waals surface area contributed by atoms with Crippen LogP contribution in [0.2, 0.25) is 0 Å². The zero-order chi connectivity index (χ0) is 16.9. The fourth-order valence-electron chi connectivity index (χ4n) is 3.10. The van der Waals surface area contributed by atoms with Crippen LogP contribution in [0.1, 0.15) is 37.5 Å². The molecule has 24 heavy (non-hydrogen) atoms. The number of carbonyl (C=O) groups is 1. The van der Waals surface area contributed by atoms with Crippen LogP contribution in [0.5, 0.6) is 0 Å². The third-order valence-electron chi connectivity index (χ3n) is 4.49. The Morgan fingerprint density at radius 2 is 2.21 bits per heavy atom. The highest BCUT2D eigenvalue weighted by Gasteiger charge is 2.28. The van der Waals surface area contributed by atoms with Crippen LogP contribution in [0.15, 0.2) is 12.3 Å². The van der Waals surface area contributed by atoms with Gasteiger partial charge >= 0.3 is 0 Å². The van der Waals surface area contributed by atoms with Crippen molar-refractivity contribution >= 4 is 11.9 Å². The largest absolute Gasteiger partial charge is 0.378 e. The molecule has 3 rings (SSSR count). The first-order valence-electron chi connectivity index (χ1n) is 8.64. The van der Waals surface area contributed by atoms with Gasteiger partial charge in [0.1, 0.15) is 6.10 Å². The number of hydrogen-bond donors (Lipinski definition) is 0. The molecule has 2 saturated heterocycles. The quantitative estimate of drug-likeness (QED) is 0.829. The molecule has 1 amide bonds. The Morgan fingerprint density at radius 3 is 2.96 bits per heavy atom. The van der Waals surface area contributed by atoms with Gasteiger partial charge in [0.15, 0.2) is 0 Å². The number of morpholine rings is 1. The lowest BCUT2D eigenvalue weighted by molar-refractivity contribution is -0.142. The zero-order valence-electron chi connectivity index (χ0n) is 14.5. The molecule has 3 heterocycles. The number of anilines is 1. The van der Waals surface area contributed by atoms with Gasteiger partial charge < -0.3 is 19.3 Å². The van der Waals surface area contributed by atoms with Gasteiger partial charge in [0, 0.05) is 33.4 Å². The van der Waals surface area contributed by atoms with Crippen molar-refractivity contribution < 1.29 is 14.3 Å². The molecule has 1 aromatic rings. The van der Waals surface area contributed by atoms with Crippen molar-refractivity contribution in [3.8, 4) is 0 Å². The fraction of sp³-hybridized carbons (Fsp3) is 0.706. The van der Waals surface area contributed by atoms with Gasteiger partial charge in [-0.15, -0.1) is 0 Å². The molecule has 2 aliphatic rings. The molecule has 7 heteroatoms. The molecule has 2 aliphatic heterocycles. The average molecular weight is 334 g/mol. The highest BCUT2D eigenvalue weighted by atomic mass is 16.5. The van der Waals surface area contributed by atoms with Crippen molar-refractivity contribution in [2.45, 2.75) is 37.9 Å². The van der Waals surface area contributed by atoms with Crippen molar-refractivity contribution in [3.05, 3.63) is 18.0 Å². The molecule has 0 saturated carbocycles. The molecule has 0 spiro atoms. The van der Waals surface area contributed by atoms with E-state index in [4.69, 9.17) is 9.47 Å². The summed E-state index contributed by atoms with van der Waals surface area (Å²) in [6.07, 6.45) is 5.32. The van der Waals surface area contributed by atoms with Gasteiger partial charge in [0.2, 0.25) is 11.9 Å². The lowest BCUT2D eigenvalue weighted by atomic mass is 10.1. The van der Waals surface area contributed by atoms with Gasteiger partial charge in [-0.05, 0) is 25.3 Å². The van der Waals surface area contributed by atoms with E-state index in [0.29, 0.717) is 32.1 Å². The van der Waals surface area contributed by atoms with Gasteiger partial charge in [-0.1, -0.05) is 0 Å². The van der Waals surface area contributed by atoms with Crippen LogP contribution in [0.3, 0.4) is 0 Å². The van der Waals surface area contributed by atoms with Crippen LogP contribution in [0, 0.1) is 0 Å². The van der Waals surface area contributed by atoms with E-state index in [1.54, 1.807) is 6.20 Å². The summed E-state index contributed by atoms with van der Waals surface area (Å²) in [5.41, 5.74) is 0.820. The van der Waals surface area contributed by atoms with E-state index < -0.39 is 0 Å². The minimum Gasteiger partial charge on any atom is -0.378 e. The van der Waals surface area contributed by atoms with Crippen LogP contribution in [0.4, 0.5) is 5.95 Å². The number of nitrogens with zero attached hydrogens (tertiary/aromatic N) is 4. The summed E-state index contributed by atoms with van der Waals surface area (Å²) in [5.74, 6) is 0.798. The normalized spacial score (nSPS) is 24.7. The molecular weight excluding hydrogens is 308 g/mol. The summed E-state index contributed by atoms with van der Waals surface area (Å²) >= 11 is 0. The third kappa shape index (κ3) is 4.21. The Labute approximate surface area is 143 Å². The first-order chi connectivity index (χ1) is 11.6. The van der Waals surface area contributed by atoms with Gasteiger partial charge in [-0.3, -0.25) is 4.79 Å². The van der Waals surface area contributed by atoms with Gasteiger partial charge in [0.05, 0.1) is 31.4 Å². The number of amides is 1. The molecule has 2 unspecified atom stereocenters. The second-order valence-electron chi connectivity index (χ2n) is 6.57. The summed E-state index contributed by atoms with van der Waals surface area (Å²) < 4.78 is 11.5. The molecule has 0 bridgehead atoms. The summed E-state index contributed by atoms with van der Waals surface area (Å²) in [7, 11) is 3.81. The minimum absolute atomic E-state index is 0.0759. The average Bonchev–Trinajstić information content (AvgIpc) is 2.63. The molecule has 132 valence electrons. The predicted molar refractivity (Wildman–Crippen MR) is 89.8 cm³/mol. The summed E-state index contributed by atoms with van der Waals surface area (Å²) in [6, 6.07) is 1.86. The Balaban J connectivity index is 1.61. The topological polar surface area (TPSA) is 67.8 Å². The van der Waals surface area contributed by atoms with Crippen molar-refractivity contribution in [3.63, 3.8) is 0 Å². The molecule has 0 aromatic carbocycles. The lowest BCUT2D eigenvalue weighted by Gasteiger charge is -2.34. The third-order valence-corrected chi connectivity index (χ3v) is 4.49.